The second-order valence-corrected chi connectivity index (χ2v) is 3.32. The van der Waals surface area contributed by atoms with Crippen molar-refractivity contribution in [2.45, 2.75) is 13.3 Å². The molecule has 0 unspecified atom stereocenters. The van der Waals surface area contributed by atoms with E-state index >= 15 is 0 Å². The molecule has 1 rings (SSSR count). The van der Waals surface area contributed by atoms with Crippen LogP contribution in [0.2, 0.25) is 0 Å². The van der Waals surface area contributed by atoms with Crippen LogP contribution < -0.4 is 10.6 Å². The van der Waals surface area contributed by atoms with Gasteiger partial charge in [-0.2, -0.15) is 0 Å². The summed E-state index contributed by atoms with van der Waals surface area (Å²) >= 11 is 0. The maximum absolute atomic E-state index is 13.4. The molecule has 1 aromatic rings. The molecule has 0 spiro atoms. The fourth-order valence-corrected chi connectivity index (χ4v) is 1.37. The molecule has 1 aromatic heterocycles. The van der Waals surface area contributed by atoms with Gasteiger partial charge >= 0.3 is 0 Å². The van der Waals surface area contributed by atoms with Crippen molar-refractivity contribution in [3.63, 3.8) is 0 Å². The number of halogens is 2. The number of anilines is 2. The van der Waals surface area contributed by atoms with Crippen LogP contribution in [0.15, 0.2) is 6.07 Å². The lowest BCUT2D eigenvalue weighted by atomic mass is 10.3. The van der Waals surface area contributed by atoms with Gasteiger partial charge < -0.3 is 15.7 Å². The van der Waals surface area contributed by atoms with E-state index in [9.17, 15) is 8.78 Å². The van der Waals surface area contributed by atoms with Crippen LogP contribution in [0.5, 0.6) is 0 Å². The van der Waals surface area contributed by atoms with Gasteiger partial charge in [0.25, 0.3) is 0 Å². The minimum absolute atomic E-state index is 0.00873. The van der Waals surface area contributed by atoms with Crippen molar-refractivity contribution < 1.29 is 13.9 Å². The third-order valence-electron chi connectivity index (χ3n) is 2.21. The first-order valence-corrected chi connectivity index (χ1v) is 5.07. The molecule has 4 nitrogen and oxygen atoms in total. The third-order valence-corrected chi connectivity index (χ3v) is 2.21. The molecule has 0 radical (unpaired) electrons. The smallest absolute Gasteiger partial charge is 0.168 e. The maximum atomic E-state index is 13.4. The van der Waals surface area contributed by atoms with Crippen LogP contribution in [-0.4, -0.2) is 29.8 Å². The first-order valence-electron chi connectivity index (χ1n) is 5.07. The highest BCUT2D eigenvalue weighted by atomic mass is 19.1. The van der Waals surface area contributed by atoms with Crippen LogP contribution in [0.3, 0.4) is 0 Å². The van der Waals surface area contributed by atoms with Crippen molar-refractivity contribution >= 4 is 11.6 Å². The molecule has 0 bridgehead atoms. The standard InChI is InChI=1S/C10H15F2N3O/c1-2-15(4-3-5-16)10-8(12)6-7(11)9(13)14-10/h6,16H,2-5H2,1H3,(H2,13,14). The quantitative estimate of drug-likeness (QED) is 0.798. The number of nitrogen functional groups attached to an aromatic ring is 1. The Hall–Kier alpha value is -1.43. The second-order valence-electron chi connectivity index (χ2n) is 3.32. The Labute approximate surface area is 92.7 Å². The highest BCUT2D eigenvalue weighted by Gasteiger charge is 2.14. The van der Waals surface area contributed by atoms with Crippen molar-refractivity contribution in [3.8, 4) is 0 Å². The number of aliphatic hydroxyl groups is 1. The summed E-state index contributed by atoms with van der Waals surface area (Å²) in [6.45, 7) is 2.78. The van der Waals surface area contributed by atoms with Crippen LogP contribution in [0.4, 0.5) is 20.4 Å². The maximum Gasteiger partial charge on any atom is 0.168 e. The van der Waals surface area contributed by atoms with Crippen molar-refractivity contribution in [3.05, 3.63) is 17.7 Å². The van der Waals surface area contributed by atoms with Crippen LogP contribution >= 0.6 is 0 Å². The molecular formula is C10H15F2N3O. The van der Waals surface area contributed by atoms with Crippen molar-refractivity contribution in [2.24, 2.45) is 0 Å². The molecule has 16 heavy (non-hydrogen) atoms. The number of rotatable bonds is 5. The fourth-order valence-electron chi connectivity index (χ4n) is 1.37. The zero-order chi connectivity index (χ0) is 12.1. The van der Waals surface area contributed by atoms with Gasteiger partial charge in [0.05, 0.1) is 0 Å². The Bertz CT molecular complexity index is 360. The Morgan fingerprint density at radius 2 is 2.12 bits per heavy atom. The van der Waals surface area contributed by atoms with E-state index in [0.29, 0.717) is 19.5 Å². The predicted molar refractivity (Wildman–Crippen MR) is 58.2 cm³/mol. The molecule has 0 aromatic carbocycles. The summed E-state index contributed by atoms with van der Waals surface area (Å²) in [5.41, 5.74) is 5.28. The SMILES string of the molecule is CCN(CCCO)c1nc(N)c(F)cc1F. The number of nitrogens with two attached hydrogens (primary N) is 1. The van der Waals surface area contributed by atoms with E-state index in [1.807, 2.05) is 6.92 Å². The van der Waals surface area contributed by atoms with Gasteiger partial charge in [-0.3, -0.25) is 0 Å². The van der Waals surface area contributed by atoms with Gasteiger partial charge in [-0.05, 0) is 13.3 Å². The molecule has 0 atom stereocenters. The average Bonchev–Trinajstić information content (AvgIpc) is 2.26. The Balaban J connectivity index is 2.95. The van der Waals surface area contributed by atoms with Crippen molar-refractivity contribution in [1.29, 1.82) is 0 Å². The van der Waals surface area contributed by atoms with E-state index in [1.165, 1.54) is 0 Å². The van der Waals surface area contributed by atoms with Crippen LogP contribution in [0, 0.1) is 11.6 Å². The molecule has 3 N–H and O–H groups in total. The second kappa shape index (κ2) is 5.60. The molecule has 0 saturated carbocycles. The summed E-state index contributed by atoms with van der Waals surface area (Å²) in [5, 5.41) is 8.70. The van der Waals surface area contributed by atoms with E-state index < -0.39 is 11.6 Å². The topological polar surface area (TPSA) is 62.4 Å². The average molecular weight is 231 g/mol. The molecular weight excluding hydrogens is 216 g/mol. The van der Waals surface area contributed by atoms with Gasteiger partial charge in [-0.15, -0.1) is 0 Å². The van der Waals surface area contributed by atoms with Crippen LogP contribution in [-0.2, 0) is 0 Å². The lowest BCUT2D eigenvalue weighted by Gasteiger charge is -2.22. The molecule has 1 heterocycles. The van der Waals surface area contributed by atoms with Gasteiger partial charge in [0, 0.05) is 25.8 Å². The van der Waals surface area contributed by atoms with Crippen LogP contribution in [0.25, 0.3) is 0 Å². The molecule has 0 aliphatic carbocycles. The van der Waals surface area contributed by atoms with Gasteiger partial charge in [0.2, 0.25) is 0 Å². The number of pyridine rings is 1. The normalized spacial score (nSPS) is 10.5. The first kappa shape index (κ1) is 12.6. The summed E-state index contributed by atoms with van der Waals surface area (Å²) < 4.78 is 26.3. The highest BCUT2D eigenvalue weighted by molar-refractivity contribution is 5.46. The molecule has 0 aliphatic rings. The number of aromatic nitrogens is 1. The summed E-state index contributed by atoms with van der Waals surface area (Å²) in [4.78, 5) is 5.27. The predicted octanol–water partition coefficient (Wildman–Crippen LogP) is 1.15. The van der Waals surface area contributed by atoms with Crippen LogP contribution in [0.1, 0.15) is 13.3 Å². The van der Waals surface area contributed by atoms with Gasteiger partial charge in [0.1, 0.15) is 0 Å². The lowest BCUT2D eigenvalue weighted by Crippen LogP contribution is -2.27. The van der Waals surface area contributed by atoms with Gasteiger partial charge in [-0.1, -0.05) is 0 Å². The summed E-state index contributed by atoms with van der Waals surface area (Å²) in [5.74, 6) is -1.90. The monoisotopic (exact) mass is 231 g/mol. The van der Waals surface area contributed by atoms with Gasteiger partial charge in [0.15, 0.2) is 23.3 Å². The molecule has 6 heteroatoms. The Morgan fingerprint density at radius 1 is 1.44 bits per heavy atom. The Kier molecular flexibility index (Phi) is 4.42. The summed E-state index contributed by atoms with van der Waals surface area (Å²) in [7, 11) is 0. The molecule has 0 saturated heterocycles. The largest absolute Gasteiger partial charge is 0.396 e. The van der Waals surface area contributed by atoms with Crippen molar-refractivity contribution in [1.82, 2.24) is 4.98 Å². The number of hydrogen-bond acceptors (Lipinski definition) is 4. The molecule has 0 fully saturated rings. The highest BCUT2D eigenvalue weighted by Crippen LogP contribution is 2.20. The number of aliphatic hydroxyl groups excluding tert-OH is 1. The zero-order valence-corrected chi connectivity index (χ0v) is 9.08. The lowest BCUT2D eigenvalue weighted by molar-refractivity contribution is 0.289. The fraction of sp³-hybridized carbons (Fsp3) is 0.500. The Morgan fingerprint density at radius 3 is 2.69 bits per heavy atom. The molecule has 0 aliphatic heterocycles. The molecule has 90 valence electrons. The number of nitrogens with zero attached hydrogens (tertiary/aromatic N) is 2. The van der Waals surface area contributed by atoms with E-state index in [-0.39, 0.29) is 18.2 Å². The van der Waals surface area contributed by atoms with E-state index in [4.69, 9.17) is 10.8 Å². The third kappa shape index (κ3) is 2.79. The summed E-state index contributed by atoms with van der Waals surface area (Å²) in [6.07, 6.45) is 0.492. The minimum Gasteiger partial charge on any atom is -0.396 e. The van der Waals surface area contributed by atoms with E-state index in [1.54, 1.807) is 4.90 Å². The van der Waals surface area contributed by atoms with E-state index in [2.05, 4.69) is 4.98 Å². The van der Waals surface area contributed by atoms with E-state index in [0.717, 1.165) is 6.07 Å². The number of hydrogen-bond donors (Lipinski definition) is 2. The minimum atomic E-state index is -0.862. The zero-order valence-electron chi connectivity index (χ0n) is 9.08. The van der Waals surface area contributed by atoms with Gasteiger partial charge in [-0.25, -0.2) is 13.8 Å². The first-order chi connectivity index (χ1) is 7.60. The van der Waals surface area contributed by atoms with Crippen molar-refractivity contribution in [2.75, 3.05) is 30.3 Å². The summed E-state index contributed by atoms with van der Waals surface area (Å²) in [6, 6.07) is 0.722. The molecule has 0 amide bonds.